The van der Waals surface area contributed by atoms with Crippen molar-refractivity contribution in [2.24, 2.45) is 17.8 Å². The molecule has 1 N–H and O–H groups in total. The van der Waals surface area contributed by atoms with Gasteiger partial charge in [0, 0.05) is 12.1 Å². The predicted octanol–water partition coefficient (Wildman–Crippen LogP) is 1.91. The number of nitrogens with one attached hydrogen (secondary N) is 1. The van der Waals surface area contributed by atoms with E-state index >= 15 is 0 Å². The second-order valence-corrected chi connectivity index (χ2v) is 6.51. The number of nitrogens with zero attached hydrogens (tertiary/aromatic N) is 4. The number of amides is 1. The normalized spacial score (nSPS) is 25.0. The van der Waals surface area contributed by atoms with Crippen LogP contribution in [0.4, 0.5) is 0 Å². The zero-order valence-corrected chi connectivity index (χ0v) is 13.0. The van der Waals surface area contributed by atoms with E-state index in [1.165, 1.54) is 19.2 Å². The molecular weight excluding hydrogens is 290 g/mol. The van der Waals surface area contributed by atoms with Crippen LogP contribution in [0.15, 0.2) is 36.7 Å². The Hall–Kier alpha value is -2.50. The third kappa shape index (κ3) is 2.65. The molecule has 1 aromatic carbocycles. The summed E-state index contributed by atoms with van der Waals surface area (Å²) < 4.78 is 1.58. The Balaban J connectivity index is 1.46. The van der Waals surface area contributed by atoms with Crippen LogP contribution in [-0.4, -0.2) is 32.7 Å². The van der Waals surface area contributed by atoms with Crippen LogP contribution in [0.1, 0.15) is 28.8 Å². The van der Waals surface area contributed by atoms with E-state index in [2.05, 4.69) is 33.0 Å². The summed E-state index contributed by atoms with van der Waals surface area (Å²) in [6.45, 7) is 2.72. The summed E-state index contributed by atoms with van der Waals surface area (Å²) in [5.41, 5.74) is 2.48. The highest BCUT2D eigenvalue weighted by Gasteiger charge is 2.35. The number of fused-ring (bicyclic) bond motifs is 2. The molecule has 4 rings (SSSR count). The van der Waals surface area contributed by atoms with Gasteiger partial charge >= 0.3 is 0 Å². The van der Waals surface area contributed by atoms with Crippen LogP contribution >= 0.6 is 0 Å². The van der Waals surface area contributed by atoms with Gasteiger partial charge in [-0.2, -0.15) is 0 Å². The number of tetrazole rings is 1. The summed E-state index contributed by atoms with van der Waals surface area (Å²) in [6, 6.07) is 5.60. The van der Waals surface area contributed by atoms with Crippen molar-refractivity contribution in [2.75, 3.05) is 6.54 Å². The minimum Gasteiger partial charge on any atom is -0.352 e. The molecule has 2 bridgehead atoms. The first-order valence-corrected chi connectivity index (χ1v) is 8.01. The molecule has 0 radical (unpaired) electrons. The van der Waals surface area contributed by atoms with E-state index in [1.807, 2.05) is 25.1 Å². The molecule has 3 atom stereocenters. The molecule has 0 saturated heterocycles. The zero-order valence-electron chi connectivity index (χ0n) is 13.0. The van der Waals surface area contributed by atoms with E-state index in [9.17, 15) is 4.79 Å². The Morgan fingerprint density at radius 3 is 2.96 bits per heavy atom. The maximum Gasteiger partial charge on any atom is 0.251 e. The first-order valence-electron chi connectivity index (χ1n) is 8.01. The summed E-state index contributed by atoms with van der Waals surface area (Å²) in [6.07, 6.45) is 8.62. The quantitative estimate of drug-likeness (QED) is 0.876. The molecule has 2 aliphatic rings. The average Bonchev–Trinajstić information content (AvgIpc) is 3.30. The van der Waals surface area contributed by atoms with E-state index < -0.39 is 0 Å². The Labute approximate surface area is 134 Å². The first-order chi connectivity index (χ1) is 11.2. The fraction of sp³-hybridized carbons (Fsp3) is 0.412. The lowest BCUT2D eigenvalue weighted by atomic mass is 9.93. The fourth-order valence-corrected chi connectivity index (χ4v) is 3.72. The number of carbonyl (C=O) groups excluding carboxylic acids is 1. The molecule has 0 aliphatic heterocycles. The number of hydrogen-bond donors (Lipinski definition) is 1. The van der Waals surface area contributed by atoms with Gasteiger partial charge in [-0.05, 0) is 65.6 Å². The van der Waals surface area contributed by atoms with Crippen molar-refractivity contribution in [3.05, 3.63) is 47.8 Å². The van der Waals surface area contributed by atoms with Crippen molar-refractivity contribution in [1.29, 1.82) is 0 Å². The van der Waals surface area contributed by atoms with Crippen molar-refractivity contribution in [3.8, 4) is 5.69 Å². The van der Waals surface area contributed by atoms with Crippen LogP contribution in [0.3, 0.4) is 0 Å². The van der Waals surface area contributed by atoms with Crippen LogP contribution in [0.2, 0.25) is 0 Å². The van der Waals surface area contributed by atoms with E-state index in [0.29, 0.717) is 17.4 Å². The average molecular weight is 309 g/mol. The second-order valence-electron chi connectivity index (χ2n) is 6.51. The number of allylic oxidation sites excluding steroid dienone is 2. The summed E-state index contributed by atoms with van der Waals surface area (Å²) >= 11 is 0. The third-order valence-corrected chi connectivity index (χ3v) is 5.01. The van der Waals surface area contributed by atoms with Crippen LogP contribution in [0.25, 0.3) is 5.69 Å². The number of benzene rings is 1. The van der Waals surface area contributed by atoms with Gasteiger partial charge in [0.2, 0.25) is 0 Å². The second kappa shape index (κ2) is 5.61. The van der Waals surface area contributed by atoms with Gasteiger partial charge in [0.15, 0.2) is 0 Å². The van der Waals surface area contributed by atoms with Gasteiger partial charge in [0.25, 0.3) is 5.91 Å². The van der Waals surface area contributed by atoms with Crippen LogP contribution in [0, 0.1) is 24.7 Å². The molecular formula is C17H19N5O. The van der Waals surface area contributed by atoms with E-state index in [-0.39, 0.29) is 5.91 Å². The molecule has 118 valence electrons. The predicted molar refractivity (Wildman–Crippen MR) is 85.1 cm³/mol. The lowest BCUT2D eigenvalue weighted by Gasteiger charge is -2.18. The van der Waals surface area contributed by atoms with Gasteiger partial charge in [-0.25, -0.2) is 4.68 Å². The van der Waals surface area contributed by atoms with Crippen LogP contribution in [-0.2, 0) is 0 Å². The van der Waals surface area contributed by atoms with Gasteiger partial charge in [-0.1, -0.05) is 18.2 Å². The third-order valence-electron chi connectivity index (χ3n) is 5.01. The minimum absolute atomic E-state index is 0.0360. The summed E-state index contributed by atoms with van der Waals surface area (Å²) in [5, 5.41) is 14.3. The van der Waals surface area contributed by atoms with Crippen molar-refractivity contribution in [3.63, 3.8) is 0 Å². The summed E-state index contributed by atoms with van der Waals surface area (Å²) in [4.78, 5) is 12.5. The number of aryl methyl sites for hydroxylation is 1. The fourth-order valence-electron chi connectivity index (χ4n) is 3.72. The van der Waals surface area contributed by atoms with Crippen LogP contribution in [0.5, 0.6) is 0 Å². The molecule has 6 nitrogen and oxygen atoms in total. The molecule has 1 saturated carbocycles. The summed E-state index contributed by atoms with van der Waals surface area (Å²) in [7, 11) is 0. The standard InChI is InChI=1S/C17H19N5O/c1-11-2-4-14(8-16(11)22-10-19-20-21-22)17(23)18-9-15-7-12-3-5-13(15)6-12/h2-5,8,10,12-13,15H,6-7,9H2,1H3,(H,18,23). The van der Waals surface area contributed by atoms with Crippen molar-refractivity contribution >= 4 is 5.91 Å². The molecule has 23 heavy (non-hydrogen) atoms. The highest BCUT2D eigenvalue weighted by Crippen LogP contribution is 2.42. The number of hydrogen-bond acceptors (Lipinski definition) is 4. The number of rotatable bonds is 4. The van der Waals surface area contributed by atoms with Crippen LogP contribution < -0.4 is 5.32 Å². The van der Waals surface area contributed by atoms with Crippen molar-refractivity contribution in [2.45, 2.75) is 19.8 Å². The molecule has 1 aromatic heterocycles. The van der Waals surface area contributed by atoms with Gasteiger partial charge in [0.05, 0.1) is 5.69 Å². The molecule has 2 aromatic rings. The molecule has 2 aliphatic carbocycles. The largest absolute Gasteiger partial charge is 0.352 e. The maximum absolute atomic E-state index is 12.5. The SMILES string of the molecule is Cc1ccc(C(=O)NCC2CC3C=CC2C3)cc1-n1cnnn1. The van der Waals surface area contributed by atoms with Gasteiger partial charge < -0.3 is 5.32 Å². The van der Waals surface area contributed by atoms with Crippen molar-refractivity contribution in [1.82, 2.24) is 25.5 Å². The Morgan fingerprint density at radius 1 is 1.35 bits per heavy atom. The molecule has 1 amide bonds. The van der Waals surface area contributed by atoms with Gasteiger partial charge in [0.1, 0.15) is 6.33 Å². The lowest BCUT2D eigenvalue weighted by molar-refractivity contribution is 0.0945. The molecule has 6 heteroatoms. The highest BCUT2D eigenvalue weighted by atomic mass is 16.1. The Kier molecular flexibility index (Phi) is 3.44. The first kappa shape index (κ1) is 14.1. The number of carbonyl (C=O) groups is 1. The summed E-state index contributed by atoms with van der Waals surface area (Å²) in [5.74, 6) is 1.92. The van der Waals surface area contributed by atoms with Crippen molar-refractivity contribution < 1.29 is 4.79 Å². The van der Waals surface area contributed by atoms with E-state index in [4.69, 9.17) is 0 Å². The van der Waals surface area contributed by atoms with E-state index in [0.717, 1.165) is 23.7 Å². The topological polar surface area (TPSA) is 72.7 Å². The zero-order chi connectivity index (χ0) is 15.8. The number of aromatic nitrogens is 4. The smallest absolute Gasteiger partial charge is 0.251 e. The Morgan fingerprint density at radius 2 is 2.26 bits per heavy atom. The van der Waals surface area contributed by atoms with E-state index in [1.54, 1.807) is 4.68 Å². The lowest BCUT2D eigenvalue weighted by Crippen LogP contribution is -2.31. The highest BCUT2D eigenvalue weighted by molar-refractivity contribution is 5.94. The van der Waals surface area contributed by atoms with Gasteiger partial charge in [-0.15, -0.1) is 5.10 Å². The Bertz CT molecular complexity index is 752. The molecule has 1 heterocycles. The molecule has 1 fully saturated rings. The van der Waals surface area contributed by atoms with Gasteiger partial charge in [-0.3, -0.25) is 4.79 Å². The molecule has 0 spiro atoms. The molecule has 3 unspecified atom stereocenters. The maximum atomic E-state index is 12.5. The monoisotopic (exact) mass is 309 g/mol. The minimum atomic E-state index is -0.0360.